The third-order valence-electron chi connectivity index (χ3n) is 3.64. The molecule has 1 N–H and O–H groups in total. The molecule has 2 rings (SSSR count). The number of hydrogen-bond acceptors (Lipinski definition) is 2. The molecule has 98 valence electrons. The van der Waals surface area contributed by atoms with Gasteiger partial charge in [-0.05, 0) is 58.3 Å². The van der Waals surface area contributed by atoms with E-state index in [1.165, 1.54) is 5.56 Å². The molecule has 0 aliphatic heterocycles. The molecule has 1 aliphatic carbocycles. The van der Waals surface area contributed by atoms with Gasteiger partial charge >= 0.3 is 5.97 Å². The molecule has 1 aromatic rings. The second kappa shape index (κ2) is 5.31. The minimum Gasteiger partial charge on any atom is -0.496 e. The number of methoxy groups -OCH3 is 1. The van der Waals surface area contributed by atoms with Crippen LogP contribution in [0.25, 0.3) is 0 Å². The number of rotatable bonds is 5. The highest BCUT2D eigenvalue weighted by Crippen LogP contribution is 2.45. The van der Waals surface area contributed by atoms with Gasteiger partial charge < -0.3 is 9.84 Å². The highest BCUT2D eigenvalue weighted by molar-refractivity contribution is 9.10. The molecule has 3 unspecified atom stereocenters. The number of aliphatic carboxylic acids is 1. The summed E-state index contributed by atoms with van der Waals surface area (Å²) in [4.78, 5) is 10.8. The average Bonchev–Trinajstić information content (AvgIpc) is 3.08. The maximum atomic E-state index is 10.8. The van der Waals surface area contributed by atoms with Crippen LogP contribution in [0.15, 0.2) is 22.7 Å². The lowest BCUT2D eigenvalue weighted by atomic mass is 9.95. The first-order chi connectivity index (χ1) is 8.52. The lowest BCUT2D eigenvalue weighted by Gasteiger charge is -2.13. The maximum absolute atomic E-state index is 10.8. The fourth-order valence-corrected chi connectivity index (χ4v) is 2.95. The van der Waals surface area contributed by atoms with Crippen LogP contribution in [0.3, 0.4) is 0 Å². The van der Waals surface area contributed by atoms with Crippen molar-refractivity contribution in [2.75, 3.05) is 7.11 Å². The summed E-state index contributed by atoms with van der Waals surface area (Å²) >= 11 is 3.47. The Hall–Kier alpha value is -1.03. The number of halogens is 1. The van der Waals surface area contributed by atoms with E-state index in [9.17, 15) is 4.79 Å². The highest BCUT2D eigenvalue weighted by Gasteiger charge is 2.43. The van der Waals surface area contributed by atoms with E-state index in [1.54, 1.807) is 7.11 Å². The van der Waals surface area contributed by atoms with Crippen molar-refractivity contribution in [3.8, 4) is 5.75 Å². The van der Waals surface area contributed by atoms with E-state index in [0.717, 1.165) is 23.1 Å². The van der Waals surface area contributed by atoms with E-state index < -0.39 is 5.97 Å². The molecule has 1 saturated carbocycles. The van der Waals surface area contributed by atoms with E-state index in [0.29, 0.717) is 11.8 Å². The van der Waals surface area contributed by atoms with Crippen molar-refractivity contribution in [3.05, 3.63) is 28.2 Å². The van der Waals surface area contributed by atoms with Crippen LogP contribution in [0.1, 0.15) is 31.2 Å². The summed E-state index contributed by atoms with van der Waals surface area (Å²) in [5, 5.41) is 8.90. The van der Waals surface area contributed by atoms with Crippen LogP contribution < -0.4 is 4.74 Å². The number of hydrogen-bond donors (Lipinski definition) is 1. The largest absolute Gasteiger partial charge is 0.496 e. The SMILES string of the molecule is COc1ccc(C(C)CC2CC2C(=O)O)cc1Br. The Morgan fingerprint density at radius 1 is 1.61 bits per heavy atom. The molecule has 0 radical (unpaired) electrons. The van der Waals surface area contributed by atoms with Gasteiger partial charge in [0.2, 0.25) is 0 Å². The van der Waals surface area contributed by atoms with Crippen molar-refractivity contribution in [2.45, 2.75) is 25.7 Å². The molecule has 1 fully saturated rings. The maximum Gasteiger partial charge on any atom is 0.306 e. The molecule has 18 heavy (non-hydrogen) atoms. The van der Waals surface area contributed by atoms with E-state index >= 15 is 0 Å². The number of carboxylic acid groups (broad SMARTS) is 1. The van der Waals surface area contributed by atoms with Gasteiger partial charge in [-0.15, -0.1) is 0 Å². The van der Waals surface area contributed by atoms with Crippen LogP contribution in [-0.2, 0) is 4.79 Å². The standard InChI is InChI=1S/C14H17BrO3/c1-8(5-10-6-11(10)14(16)17)9-3-4-13(18-2)12(15)7-9/h3-4,7-8,10-11H,5-6H2,1-2H3,(H,16,17). The number of carbonyl (C=O) groups is 1. The van der Waals surface area contributed by atoms with E-state index in [4.69, 9.17) is 9.84 Å². The summed E-state index contributed by atoms with van der Waals surface area (Å²) in [6.45, 7) is 2.14. The summed E-state index contributed by atoms with van der Waals surface area (Å²) in [5.41, 5.74) is 1.22. The molecule has 1 aliphatic rings. The zero-order chi connectivity index (χ0) is 13.3. The second-order valence-electron chi connectivity index (χ2n) is 4.97. The van der Waals surface area contributed by atoms with Crippen molar-refractivity contribution < 1.29 is 14.6 Å². The zero-order valence-corrected chi connectivity index (χ0v) is 12.1. The van der Waals surface area contributed by atoms with Crippen molar-refractivity contribution in [1.29, 1.82) is 0 Å². The molecule has 0 aromatic heterocycles. The first-order valence-corrected chi connectivity index (χ1v) is 6.88. The third kappa shape index (κ3) is 2.86. The van der Waals surface area contributed by atoms with Crippen LogP contribution in [-0.4, -0.2) is 18.2 Å². The monoisotopic (exact) mass is 312 g/mol. The van der Waals surface area contributed by atoms with Gasteiger partial charge in [-0.1, -0.05) is 13.0 Å². The van der Waals surface area contributed by atoms with Crippen LogP contribution in [0, 0.1) is 11.8 Å². The van der Waals surface area contributed by atoms with Crippen molar-refractivity contribution >= 4 is 21.9 Å². The normalized spacial score (nSPS) is 23.5. The van der Waals surface area contributed by atoms with Crippen LogP contribution in [0.2, 0.25) is 0 Å². The summed E-state index contributed by atoms with van der Waals surface area (Å²) in [5.74, 6) is 0.776. The summed E-state index contributed by atoms with van der Waals surface area (Å²) in [7, 11) is 1.64. The Morgan fingerprint density at radius 3 is 2.83 bits per heavy atom. The minimum atomic E-state index is -0.650. The molecule has 1 aromatic carbocycles. The van der Waals surface area contributed by atoms with Crippen molar-refractivity contribution in [2.24, 2.45) is 11.8 Å². The minimum absolute atomic E-state index is 0.117. The molecule has 3 atom stereocenters. The Bertz CT molecular complexity index is 458. The van der Waals surface area contributed by atoms with Gasteiger partial charge in [0.15, 0.2) is 0 Å². The van der Waals surface area contributed by atoms with Gasteiger partial charge in [-0.2, -0.15) is 0 Å². The van der Waals surface area contributed by atoms with Gasteiger partial charge in [-0.3, -0.25) is 4.79 Å². The lowest BCUT2D eigenvalue weighted by molar-refractivity contribution is -0.138. The van der Waals surface area contributed by atoms with Crippen molar-refractivity contribution in [3.63, 3.8) is 0 Å². The fourth-order valence-electron chi connectivity index (χ4n) is 2.39. The quantitative estimate of drug-likeness (QED) is 0.902. The topological polar surface area (TPSA) is 46.5 Å². The molecule has 0 heterocycles. The molecule has 4 heteroatoms. The molecule has 0 spiro atoms. The van der Waals surface area contributed by atoms with Crippen LogP contribution in [0.4, 0.5) is 0 Å². The Balaban J connectivity index is 1.99. The Kier molecular flexibility index (Phi) is 3.95. The summed E-state index contributed by atoms with van der Waals surface area (Å²) in [6, 6.07) is 6.05. The Labute approximate surface area is 115 Å². The van der Waals surface area contributed by atoms with E-state index in [-0.39, 0.29) is 5.92 Å². The third-order valence-corrected chi connectivity index (χ3v) is 4.26. The first-order valence-electron chi connectivity index (χ1n) is 6.09. The van der Waals surface area contributed by atoms with Gasteiger partial charge in [-0.25, -0.2) is 0 Å². The predicted octanol–water partition coefficient (Wildman–Crippen LogP) is 3.67. The summed E-state index contributed by atoms with van der Waals surface area (Å²) < 4.78 is 6.14. The van der Waals surface area contributed by atoms with Gasteiger partial charge in [0, 0.05) is 0 Å². The molecular formula is C14H17BrO3. The van der Waals surface area contributed by atoms with Gasteiger partial charge in [0.1, 0.15) is 5.75 Å². The molecule has 0 bridgehead atoms. The molecule has 3 nitrogen and oxygen atoms in total. The van der Waals surface area contributed by atoms with Crippen molar-refractivity contribution in [1.82, 2.24) is 0 Å². The number of benzene rings is 1. The average molecular weight is 313 g/mol. The highest BCUT2D eigenvalue weighted by atomic mass is 79.9. The lowest BCUT2D eigenvalue weighted by Crippen LogP contribution is -2.02. The zero-order valence-electron chi connectivity index (χ0n) is 10.5. The number of carboxylic acids is 1. The summed E-state index contributed by atoms with van der Waals surface area (Å²) in [6.07, 6.45) is 1.77. The number of ether oxygens (including phenoxy) is 1. The van der Waals surface area contributed by atoms with E-state index in [1.807, 2.05) is 12.1 Å². The second-order valence-corrected chi connectivity index (χ2v) is 5.83. The molecule has 0 amide bonds. The molecular weight excluding hydrogens is 296 g/mol. The van der Waals surface area contributed by atoms with E-state index in [2.05, 4.69) is 28.9 Å². The van der Waals surface area contributed by atoms with Gasteiger partial charge in [0.05, 0.1) is 17.5 Å². The van der Waals surface area contributed by atoms with Crippen LogP contribution >= 0.6 is 15.9 Å². The smallest absolute Gasteiger partial charge is 0.306 e. The fraction of sp³-hybridized carbons (Fsp3) is 0.500. The first kappa shape index (κ1) is 13.4. The predicted molar refractivity (Wildman–Crippen MR) is 73.0 cm³/mol. The van der Waals surface area contributed by atoms with Gasteiger partial charge in [0.25, 0.3) is 0 Å². The molecule has 0 saturated heterocycles. The van der Waals surface area contributed by atoms with Crippen LogP contribution in [0.5, 0.6) is 5.75 Å². The Morgan fingerprint density at radius 2 is 2.33 bits per heavy atom.